The third kappa shape index (κ3) is 3.56. The van der Waals surface area contributed by atoms with E-state index in [4.69, 9.17) is 4.74 Å². The molecule has 0 fully saturated rings. The zero-order chi connectivity index (χ0) is 12.3. The van der Waals surface area contributed by atoms with E-state index in [1.54, 1.807) is 0 Å². The first-order valence-electron chi connectivity index (χ1n) is 5.28. The van der Waals surface area contributed by atoms with E-state index in [0.717, 1.165) is 20.0 Å². The molecule has 4 heteroatoms. The van der Waals surface area contributed by atoms with Crippen LogP contribution < -0.4 is 4.74 Å². The molecule has 0 saturated carbocycles. The molecule has 1 atom stereocenters. The van der Waals surface area contributed by atoms with Crippen LogP contribution in [0.3, 0.4) is 0 Å². The fourth-order valence-corrected chi connectivity index (χ4v) is 2.86. The van der Waals surface area contributed by atoms with Crippen molar-refractivity contribution in [1.29, 1.82) is 0 Å². The minimum atomic E-state index is -0.577. The van der Waals surface area contributed by atoms with Crippen LogP contribution in [-0.2, 0) is 0 Å². The van der Waals surface area contributed by atoms with Crippen molar-refractivity contribution in [3.05, 3.63) is 50.6 Å². The van der Waals surface area contributed by atoms with Crippen molar-refractivity contribution >= 4 is 27.3 Å². The van der Waals surface area contributed by atoms with E-state index >= 15 is 0 Å². The molecule has 1 heterocycles. The molecule has 0 amide bonds. The van der Waals surface area contributed by atoms with Gasteiger partial charge in [-0.2, -0.15) is 0 Å². The van der Waals surface area contributed by atoms with E-state index < -0.39 is 6.10 Å². The van der Waals surface area contributed by atoms with Crippen molar-refractivity contribution < 1.29 is 9.84 Å². The van der Waals surface area contributed by atoms with Crippen molar-refractivity contribution in [2.45, 2.75) is 13.0 Å². The molecule has 0 radical (unpaired) electrons. The lowest BCUT2D eigenvalue weighted by atomic mass is 10.2. The Balaban J connectivity index is 1.94. The number of aliphatic hydroxyl groups is 1. The lowest BCUT2D eigenvalue weighted by Gasteiger charge is -2.11. The van der Waals surface area contributed by atoms with Gasteiger partial charge in [0.2, 0.25) is 0 Å². The Kier molecular flexibility index (Phi) is 4.20. The highest BCUT2D eigenvalue weighted by Gasteiger charge is 2.10. The first-order chi connectivity index (χ1) is 8.15. The highest BCUT2D eigenvalue weighted by Crippen LogP contribution is 2.27. The standard InChI is InChI=1S/C13H13BrO2S/c1-9-3-2-4-10(7-9)16-8-11(15)12-5-6-13(14)17-12/h2-7,11,15H,8H2,1H3. The van der Waals surface area contributed by atoms with E-state index in [-0.39, 0.29) is 6.61 Å². The predicted octanol–water partition coefficient (Wildman–Crippen LogP) is 3.93. The summed E-state index contributed by atoms with van der Waals surface area (Å²) in [5.41, 5.74) is 1.15. The predicted molar refractivity (Wildman–Crippen MR) is 73.7 cm³/mol. The quantitative estimate of drug-likeness (QED) is 0.927. The average molecular weight is 313 g/mol. The Labute approximate surface area is 113 Å². The molecule has 0 aliphatic heterocycles. The minimum Gasteiger partial charge on any atom is -0.490 e. The number of hydrogen-bond donors (Lipinski definition) is 1. The summed E-state index contributed by atoms with van der Waals surface area (Å²) in [4.78, 5) is 0.907. The third-order valence-corrected chi connectivity index (χ3v) is 4.04. The largest absolute Gasteiger partial charge is 0.490 e. The molecule has 90 valence electrons. The van der Waals surface area contributed by atoms with Gasteiger partial charge < -0.3 is 9.84 Å². The lowest BCUT2D eigenvalue weighted by molar-refractivity contribution is 0.111. The van der Waals surface area contributed by atoms with Crippen molar-refractivity contribution in [3.8, 4) is 5.75 Å². The number of aliphatic hydroxyl groups excluding tert-OH is 1. The Morgan fingerprint density at radius 2 is 2.18 bits per heavy atom. The van der Waals surface area contributed by atoms with Gasteiger partial charge in [0, 0.05) is 4.88 Å². The van der Waals surface area contributed by atoms with Gasteiger partial charge in [0.15, 0.2) is 0 Å². The smallest absolute Gasteiger partial charge is 0.122 e. The van der Waals surface area contributed by atoms with E-state index in [1.807, 2.05) is 43.3 Å². The van der Waals surface area contributed by atoms with Crippen molar-refractivity contribution in [2.75, 3.05) is 6.61 Å². The monoisotopic (exact) mass is 312 g/mol. The second-order valence-corrected chi connectivity index (χ2v) is 6.28. The number of halogens is 1. The van der Waals surface area contributed by atoms with E-state index in [9.17, 15) is 5.11 Å². The lowest BCUT2D eigenvalue weighted by Crippen LogP contribution is -2.08. The number of aryl methyl sites for hydroxylation is 1. The summed E-state index contributed by atoms with van der Waals surface area (Å²) < 4.78 is 6.57. The Hall–Kier alpha value is -0.840. The minimum absolute atomic E-state index is 0.274. The number of hydrogen-bond acceptors (Lipinski definition) is 3. The van der Waals surface area contributed by atoms with Crippen LogP contribution in [0.5, 0.6) is 5.75 Å². The summed E-state index contributed by atoms with van der Waals surface area (Å²) in [7, 11) is 0. The summed E-state index contributed by atoms with van der Waals surface area (Å²) in [5.74, 6) is 0.791. The maximum absolute atomic E-state index is 9.93. The molecule has 2 nitrogen and oxygen atoms in total. The zero-order valence-corrected chi connectivity index (χ0v) is 11.8. The molecule has 1 N–H and O–H groups in total. The van der Waals surface area contributed by atoms with Crippen molar-refractivity contribution in [3.63, 3.8) is 0 Å². The highest BCUT2D eigenvalue weighted by atomic mass is 79.9. The Bertz CT molecular complexity index is 496. The Morgan fingerprint density at radius 1 is 1.35 bits per heavy atom. The fraction of sp³-hybridized carbons (Fsp3) is 0.231. The molecule has 17 heavy (non-hydrogen) atoms. The summed E-state index contributed by atoms with van der Waals surface area (Å²) in [5, 5.41) is 9.93. The number of benzene rings is 1. The van der Waals surface area contributed by atoms with Crippen LogP contribution in [0, 0.1) is 6.92 Å². The fourth-order valence-electron chi connectivity index (χ4n) is 1.47. The van der Waals surface area contributed by atoms with Crippen LogP contribution in [-0.4, -0.2) is 11.7 Å². The SMILES string of the molecule is Cc1cccc(OCC(O)c2ccc(Br)s2)c1. The maximum atomic E-state index is 9.93. The molecule has 1 aromatic heterocycles. The first kappa shape index (κ1) is 12.6. The van der Waals surface area contributed by atoms with Gasteiger partial charge in [-0.05, 0) is 52.7 Å². The normalized spacial score (nSPS) is 12.4. The zero-order valence-electron chi connectivity index (χ0n) is 9.39. The van der Waals surface area contributed by atoms with Crippen molar-refractivity contribution in [1.82, 2.24) is 0 Å². The van der Waals surface area contributed by atoms with Crippen LogP contribution in [0.25, 0.3) is 0 Å². The van der Waals surface area contributed by atoms with E-state index in [2.05, 4.69) is 15.9 Å². The topological polar surface area (TPSA) is 29.5 Å². The molecule has 0 spiro atoms. The van der Waals surface area contributed by atoms with Crippen LogP contribution in [0.15, 0.2) is 40.2 Å². The van der Waals surface area contributed by atoms with E-state index in [0.29, 0.717) is 0 Å². The average Bonchev–Trinajstić information content (AvgIpc) is 2.73. The Morgan fingerprint density at radius 3 is 2.82 bits per heavy atom. The van der Waals surface area contributed by atoms with Crippen LogP contribution in [0.4, 0.5) is 0 Å². The molecule has 0 aliphatic rings. The molecular weight excluding hydrogens is 300 g/mol. The van der Waals surface area contributed by atoms with Gasteiger partial charge in [-0.3, -0.25) is 0 Å². The van der Waals surface area contributed by atoms with Gasteiger partial charge in [-0.1, -0.05) is 12.1 Å². The van der Waals surface area contributed by atoms with Crippen molar-refractivity contribution in [2.24, 2.45) is 0 Å². The number of thiophene rings is 1. The second-order valence-electron chi connectivity index (χ2n) is 3.79. The molecule has 2 aromatic rings. The summed E-state index contributed by atoms with van der Waals surface area (Å²) in [6, 6.07) is 11.6. The molecule has 1 unspecified atom stereocenters. The molecule has 2 rings (SSSR count). The molecule has 0 aliphatic carbocycles. The van der Waals surface area contributed by atoms with Gasteiger partial charge in [-0.25, -0.2) is 0 Å². The molecule has 0 saturated heterocycles. The molecule has 0 bridgehead atoms. The third-order valence-electron chi connectivity index (χ3n) is 2.32. The number of ether oxygens (including phenoxy) is 1. The van der Waals surface area contributed by atoms with Gasteiger partial charge in [0.25, 0.3) is 0 Å². The highest BCUT2D eigenvalue weighted by molar-refractivity contribution is 9.11. The van der Waals surface area contributed by atoms with Gasteiger partial charge >= 0.3 is 0 Å². The van der Waals surface area contributed by atoms with Crippen LogP contribution in [0.2, 0.25) is 0 Å². The van der Waals surface area contributed by atoms with Gasteiger partial charge in [0.1, 0.15) is 18.5 Å². The van der Waals surface area contributed by atoms with E-state index in [1.165, 1.54) is 11.3 Å². The summed E-state index contributed by atoms with van der Waals surface area (Å²) >= 11 is 4.89. The summed E-state index contributed by atoms with van der Waals surface area (Å²) in [6.45, 7) is 2.29. The first-order valence-corrected chi connectivity index (χ1v) is 6.89. The molecule has 1 aromatic carbocycles. The van der Waals surface area contributed by atoms with Crippen LogP contribution in [0.1, 0.15) is 16.5 Å². The van der Waals surface area contributed by atoms with Gasteiger partial charge in [0.05, 0.1) is 3.79 Å². The van der Waals surface area contributed by atoms with Gasteiger partial charge in [-0.15, -0.1) is 11.3 Å². The summed E-state index contributed by atoms with van der Waals surface area (Å²) in [6.07, 6.45) is -0.577. The van der Waals surface area contributed by atoms with Crippen LogP contribution >= 0.6 is 27.3 Å². The number of rotatable bonds is 4. The molecular formula is C13H13BrO2S. The second kappa shape index (κ2) is 5.67. The maximum Gasteiger partial charge on any atom is 0.122 e.